The lowest BCUT2D eigenvalue weighted by atomic mass is 10.0. The van der Waals surface area contributed by atoms with Crippen LogP contribution in [0.1, 0.15) is 24.0 Å². The van der Waals surface area contributed by atoms with Crippen LogP contribution in [-0.4, -0.2) is 81.3 Å². The average Bonchev–Trinajstić information content (AvgIpc) is 3.40. The number of phenolic OH excluding ortho intramolecular Hbond substituents is 1. The van der Waals surface area contributed by atoms with Crippen molar-refractivity contribution in [2.75, 3.05) is 12.3 Å². The normalized spacial score (nSPS) is 13.7. The highest BCUT2D eigenvalue weighted by Gasteiger charge is 2.30. The lowest BCUT2D eigenvalue weighted by molar-refractivity contribution is -0.142. The molecule has 0 fully saturated rings. The van der Waals surface area contributed by atoms with Crippen LogP contribution in [0, 0.1) is 0 Å². The number of thiol groups is 1. The summed E-state index contributed by atoms with van der Waals surface area (Å²) in [4.78, 5) is 58.4. The van der Waals surface area contributed by atoms with E-state index in [4.69, 9.17) is 17.2 Å². The van der Waals surface area contributed by atoms with Gasteiger partial charge in [0.15, 0.2) is 5.96 Å². The number of hydrogen-bond acceptors (Lipinski definition) is 8. The number of aliphatic imine (C=N–C) groups is 1. The Morgan fingerprint density at radius 3 is 2.18 bits per heavy atom. The van der Waals surface area contributed by atoms with Crippen molar-refractivity contribution >= 4 is 53.2 Å². The summed E-state index contributed by atoms with van der Waals surface area (Å²) >= 11 is 4.18. The van der Waals surface area contributed by atoms with Gasteiger partial charge in [0.2, 0.25) is 17.7 Å². The number of benzene rings is 2. The first-order chi connectivity index (χ1) is 21.0. The number of carbonyl (C=O) groups is 4. The third-order valence-corrected chi connectivity index (χ3v) is 7.20. The Kier molecular flexibility index (Phi) is 12.4. The molecule has 3 amide bonds. The molecule has 0 aliphatic rings. The number of aliphatic carboxylic acids is 1. The molecule has 3 rings (SSSR count). The van der Waals surface area contributed by atoms with E-state index in [1.165, 1.54) is 12.1 Å². The van der Waals surface area contributed by atoms with E-state index in [1.54, 1.807) is 18.3 Å². The van der Waals surface area contributed by atoms with Gasteiger partial charge in [-0.15, -0.1) is 0 Å². The van der Waals surface area contributed by atoms with Gasteiger partial charge in [0.25, 0.3) is 0 Å². The summed E-state index contributed by atoms with van der Waals surface area (Å²) in [5, 5.41) is 27.8. The van der Waals surface area contributed by atoms with E-state index < -0.39 is 47.9 Å². The van der Waals surface area contributed by atoms with E-state index in [1.807, 2.05) is 24.3 Å². The molecule has 4 atom stereocenters. The minimum atomic E-state index is -1.29. The van der Waals surface area contributed by atoms with Gasteiger partial charge in [-0.2, -0.15) is 12.6 Å². The first-order valence-electron chi connectivity index (χ1n) is 13.9. The van der Waals surface area contributed by atoms with Crippen molar-refractivity contribution in [1.82, 2.24) is 20.9 Å². The minimum absolute atomic E-state index is 0.00596. The molecule has 15 heteroatoms. The summed E-state index contributed by atoms with van der Waals surface area (Å²) in [5.74, 6) is -3.49. The molecule has 1 aromatic heterocycles. The van der Waals surface area contributed by atoms with Gasteiger partial charge < -0.3 is 48.3 Å². The van der Waals surface area contributed by atoms with Crippen LogP contribution in [0.2, 0.25) is 0 Å². The van der Waals surface area contributed by atoms with Crippen molar-refractivity contribution in [2.45, 2.75) is 49.9 Å². The third kappa shape index (κ3) is 9.91. The van der Waals surface area contributed by atoms with Gasteiger partial charge in [-0.25, -0.2) is 4.79 Å². The Labute approximate surface area is 259 Å². The standard InChI is InChI=1S/C29H38N8O6S/c30-20(12-16-7-9-18(38)10-8-16)25(39)37-24(15-44)27(41)35-22(6-3-11-33-29(31)32)26(40)36-23(28(42)43)13-17-14-34-21-5-2-1-4-19(17)21/h1-2,4-5,7-10,14,20,22-24,34,38,44H,3,6,11-13,15,30H2,(H,35,41)(H,36,40)(H,37,39)(H,42,43)(H4,31,32,33). The molecule has 0 aliphatic heterocycles. The second-order valence-corrected chi connectivity index (χ2v) is 10.6. The fourth-order valence-electron chi connectivity index (χ4n) is 4.49. The summed E-state index contributed by atoms with van der Waals surface area (Å²) in [6.07, 6.45) is 2.19. The highest BCUT2D eigenvalue weighted by molar-refractivity contribution is 7.80. The summed E-state index contributed by atoms with van der Waals surface area (Å²) < 4.78 is 0. The summed E-state index contributed by atoms with van der Waals surface area (Å²) in [7, 11) is 0. The number of rotatable bonds is 16. The second-order valence-electron chi connectivity index (χ2n) is 10.2. The van der Waals surface area contributed by atoms with Crippen molar-refractivity contribution in [2.24, 2.45) is 22.2 Å². The van der Waals surface area contributed by atoms with E-state index in [0.717, 1.165) is 10.9 Å². The number of para-hydroxylation sites is 1. The first-order valence-corrected chi connectivity index (χ1v) is 14.5. The molecule has 4 unspecified atom stereocenters. The number of phenols is 1. The summed E-state index contributed by atoms with van der Waals surface area (Å²) in [6, 6.07) is 8.94. The maximum Gasteiger partial charge on any atom is 0.326 e. The van der Waals surface area contributed by atoms with Gasteiger partial charge >= 0.3 is 5.97 Å². The number of carbonyl (C=O) groups excluding carboxylic acids is 3. The SMILES string of the molecule is NC(N)=NCCCC(NC(=O)C(CS)NC(=O)C(N)Cc1ccc(O)cc1)C(=O)NC(Cc1c[nH]c2ccccc12)C(=O)O. The fraction of sp³-hybridized carbons (Fsp3) is 0.345. The van der Waals surface area contributed by atoms with Crippen LogP contribution in [0.5, 0.6) is 5.75 Å². The van der Waals surface area contributed by atoms with Crippen LogP contribution in [0.15, 0.2) is 59.7 Å². The number of hydrogen-bond donors (Lipinski definition) is 10. The van der Waals surface area contributed by atoms with Gasteiger partial charge in [-0.05, 0) is 48.6 Å². The predicted molar refractivity (Wildman–Crippen MR) is 169 cm³/mol. The monoisotopic (exact) mass is 626 g/mol. The van der Waals surface area contributed by atoms with Gasteiger partial charge in [0.1, 0.15) is 23.9 Å². The van der Waals surface area contributed by atoms with Gasteiger partial charge in [0, 0.05) is 35.8 Å². The smallest absolute Gasteiger partial charge is 0.326 e. The Morgan fingerprint density at radius 1 is 0.886 bits per heavy atom. The summed E-state index contributed by atoms with van der Waals surface area (Å²) in [6.45, 7) is 0.165. The number of carboxylic acid groups (broad SMARTS) is 1. The highest BCUT2D eigenvalue weighted by Crippen LogP contribution is 2.19. The first kappa shape index (κ1) is 33.7. The Bertz CT molecular complexity index is 1470. The maximum absolute atomic E-state index is 13.4. The number of guanidine groups is 1. The molecule has 236 valence electrons. The molecule has 0 bridgehead atoms. The van der Waals surface area contributed by atoms with Crippen molar-refractivity contribution in [3.8, 4) is 5.75 Å². The molecular weight excluding hydrogens is 588 g/mol. The molecule has 2 aromatic carbocycles. The number of aromatic nitrogens is 1. The Balaban J connectivity index is 1.69. The quantitative estimate of drug-likeness (QED) is 0.0425. The number of carboxylic acids is 1. The van der Waals surface area contributed by atoms with Crippen LogP contribution in [0.4, 0.5) is 0 Å². The van der Waals surface area contributed by atoms with Gasteiger partial charge in [-0.1, -0.05) is 30.3 Å². The largest absolute Gasteiger partial charge is 0.508 e. The number of aromatic hydroxyl groups is 1. The maximum atomic E-state index is 13.4. The summed E-state index contributed by atoms with van der Waals surface area (Å²) in [5.41, 5.74) is 19.0. The van der Waals surface area contributed by atoms with Gasteiger partial charge in [0.05, 0.1) is 6.04 Å². The van der Waals surface area contributed by atoms with Crippen LogP contribution in [0.3, 0.4) is 0 Å². The lowest BCUT2D eigenvalue weighted by Crippen LogP contribution is -2.58. The number of nitrogens with two attached hydrogens (primary N) is 3. The molecule has 14 nitrogen and oxygen atoms in total. The van der Waals surface area contributed by atoms with E-state index >= 15 is 0 Å². The van der Waals surface area contributed by atoms with Crippen LogP contribution >= 0.6 is 12.6 Å². The van der Waals surface area contributed by atoms with E-state index in [0.29, 0.717) is 11.1 Å². The molecule has 44 heavy (non-hydrogen) atoms. The second kappa shape index (κ2) is 16.2. The number of amides is 3. The molecule has 0 saturated heterocycles. The number of aromatic amines is 1. The molecule has 0 saturated carbocycles. The molecule has 0 aliphatic carbocycles. The number of H-pyrrole nitrogens is 1. The molecule has 0 radical (unpaired) electrons. The van der Waals surface area contributed by atoms with Crippen LogP contribution in [0.25, 0.3) is 10.9 Å². The van der Waals surface area contributed by atoms with Crippen LogP contribution in [-0.2, 0) is 32.0 Å². The Hall–Kier alpha value is -4.76. The van der Waals surface area contributed by atoms with E-state index in [2.05, 4.69) is 38.6 Å². The van der Waals surface area contributed by atoms with E-state index in [-0.39, 0.29) is 49.7 Å². The number of nitrogens with one attached hydrogen (secondary N) is 4. The zero-order chi connectivity index (χ0) is 32.2. The third-order valence-electron chi connectivity index (χ3n) is 6.84. The molecule has 0 spiro atoms. The van der Waals surface area contributed by atoms with Crippen LogP contribution < -0.4 is 33.2 Å². The average molecular weight is 627 g/mol. The topological polar surface area (TPSA) is 251 Å². The fourth-order valence-corrected chi connectivity index (χ4v) is 4.75. The van der Waals surface area contributed by atoms with Gasteiger partial charge in [-0.3, -0.25) is 19.4 Å². The lowest BCUT2D eigenvalue weighted by Gasteiger charge is -2.24. The molecule has 1 heterocycles. The van der Waals surface area contributed by atoms with Crippen molar-refractivity contribution in [1.29, 1.82) is 0 Å². The zero-order valence-electron chi connectivity index (χ0n) is 23.9. The Morgan fingerprint density at radius 2 is 1.52 bits per heavy atom. The van der Waals surface area contributed by atoms with E-state index in [9.17, 15) is 29.4 Å². The van der Waals surface area contributed by atoms with Crippen molar-refractivity contribution in [3.63, 3.8) is 0 Å². The zero-order valence-corrected chi connectivity index (χ0v) is 24.8. The van der Waals surface area contributed by atoms with Crippen molar-refractivity contribution in [3.05, 3.63) is 65.9 Å². The number of nitrogens with zero attached hydrogens (tertiary/aromatic N) is 1. The molecular formula is C29H38N8O6S. The highest BCUT2D eigenvalue weighted by atomic mass is 32.1. The molecule has 3 aromatic rings. The number of fused-ring (bicyclic) bond motifs is 1. The molecule has 12 N–H and O–H groups in total. The predicted octanol–water partition coefficient (Wildman–Crippen LogP) is -0.492. The van der Waals surface area contributed by atoms with Crippen molar-refractivity contribution < 1.29 is 29.4 Å². The minimum Gasteiger partial charge on any atom is -0.508 e.